The monoisotopic (exact) mass is 444 g/mol. The van der Waals surface area contributed by atoms with Crippen molar-refractivity contribution >= 4 is 15.0 Å². The summed E-state index contributed by atoms with van der Waals surface area (Å²) in [6.07, 6.45) is 0. The van der Waals surface area contributed by atoms with Crippen LogP contribution in [0.4, 0.5) is 0 Å². The second-order valence-electron chi connectivity index (χ2n) is 7.86. The third-order valence-electron chi connectivity index (χ3n) is 3.73. The molecule has 0 fully saturated rings. The van der Waals surface area contributed by atoms with Crippen molar-refractivity contribution in [2.75, 3.05) is 32.8 Å². The van der Waals surface area contributed by atoms with E-state index in [0.717, 1.165) is 13.1 Å². The van der Waals surface area contributed by atoms with E-state index >= 15 is 0 Å². The summed E-state index contributed by atoms with van der Waals surface area (Å²) >= 11 is 0. The number of hydrogen-bond acceptors (Lipinski definition) is 5. The van der Waals surface area contributed by atoms with Crippen molar-refractivity contribution in [3.63, 3.8) is 0 Å². The number of nitrogens with one attached hydrogen (secondary N) is 4. The molecule has 0 bridgehead atoms. The molecule has 0 aliphatic heterocycles. The zero-order valence-corrected chi connectivity index (χ0v) is 21.2. The lowest BCUT2D eigenvalue weighted by atomic mass is 10.4. The topological polar surface area (TPSA) is 112 Å². The Bertz CT molecular complexity index is 475. The third-order valence-corrected chi connectivity index (χ3v) is 8.47. The summed E-state index contributed by atoms with van der Waals surface area (Å²) in [5.74, 6) is 0. The van der Waals surface area contributed by atoms with E-state index in [4.69, 9.17) is 4.52 Å². The smallest absolute Gasteiger partial charge is 0.272 e. The van der Waals surface area contributed by atoms with Gasteiger partial charge >= 0.3 is 0 Å². The van der Waals surface area contributed by atoms with Crippen molar-refractivity contribution in [1.29, 1.82) is 0 Å². The fourth-order valence-electron chi connectivity index (χ4n) is 1.90. The first-order chi connectivity index (χ1) is 12.8. The van der Waals surface area contributed by atoms with Gasteiger partial charge in [0.2, 0.25) is 0 Å². The van der Waals surface area contributed by atoms with E-state index in [2.05, 4.69) is 34.7 Å². The molecule has 10 heteroatoms. The number of rotatable bonds is 14. The predicted octanol–water partition coefficient (Wildman–Crippen LogP) is 3.38. The summed E-state index contributed by atoms with van der Waals surface area (Å²) in [5.41, 5.74) is -0.192. The highest BCUT2D eigenvalue weighted by atomic mass is 31.2. The van der Waals surface area contributed by atoms with Crippen LogP contribution in [0.15, 0.2) is 0 Å². The Morgan fingerprint density at radius 3 is 1.50 bits per heavy atom. The normalized spacial score (nSPS) is 16.2. The van der Waals surface area contributed by atoms with Crippen LogP contribution < -0.4 is 20.8 Å². The molecule has 2 atom stereocenters. The molecule has 0 saturated heterocycles. The van der Waals surface area contributed by atoms with Gasteiger partial charge in [-0.25, -0.2) is 10.2 Å². The highest BCUT2D eigenvalue weighted by Gasteiger charge is 2.26. The second-order valence-corrected chi connectivity index (χ2v) is 13.3. The maximum Gasteiger partial charge on any atom is 0.272 e. The summed E-state index contributed by atoms with van der Waals surface area (Å²) in [6, 6.07) is 0.872. The Morgan fingerprint density at radius 2 is 1.18 bits per heavy atom. The maximum atomic E-state index is 12.2. The lowest BCUT2D eigenvalue weighted by Gasteiger charge is -2.22. The maximum absolute atomic E-state index is 12.2. The molecule has 0 aromatic carbocycles. The molecule has 0 heterocycles. The van der Waals surface area contributed by atoms with Crippen LogP contribution in [-0.2, 0) is 13.7 Å². The Hall–Kier alpha value is 0.220. The molecule has 5 N–H and O–H groups in total. The first kappa shape index (κ1) is 30.4. The molecule has 8 nitrogen and oxygen atoms in total. The fraction of sp³-hybridized carbons (Fsp3) is 1.00. The van der Waals surface area contributed by atoms with Crippen LogP contribution in [0.1, 0.15) is 62.3 Å². The van der Waals surface area contributed by atoms with Gasteiger partial charge in [-0.1, -0.05) is 55.4 Å². The predicted molar refractivity (Wildman–Crippen MR) is 122 cm³/mol. The largest absolute Gasteiger partial charge is 0.333 e. The molecule has 172 valence electrons. The first-order valence-corrected chi connectivity index (χ1v) is 13.7. The average molecular weight is 445 g/mol. The van der Waals surface area contributed by atoms with Crippen LogP contribution in [0.5, 0.6) is 0 Å². The molecule has 0 aromatic rings. The summed E-state index contributed by atoms with van der Waals surface area (Å²) in [6.45, 7) is 20.7. The van der Waals surface area contributed by atoms with Crippen LogP contribution >= 0.6 is 15.0 Å². The lowest BCUT2D eigenvalue weighted by molar-refractivity contribution is 0.318. The van der Waals surface area contributed by atoms with Crippen molar-refractivity contribution in [2.45, 2.75) is 85.7 Å². The Labute approximate surface area is 173 Å². The Morgan fingerprint density at radius 1 is 0.750 bits per heavy atom. The lowest BCUT2D eigenvalue weighted by Crippen LogP contribution is -2.32. The van der Waals surface area contributed by atoms with Crippen molar-refractivity contribution < 1.29 is 18.5 Å². The molecule has 0 amide bonds. The van der Waals surface area contributed by atoms with Crippen LogP contribution in [0, 0.1) is 0 Å². The highest BCUT2D eigenvalue weighted by Crippen LogP contribution is 2.46. The van der Waals surface area contributed by atoms with Crippen LogP contribution in [-0.4, -0.2) is 61.1 Å². The van der Waals surface area contributed by atoms with E-state index in [1.165, 1.54) is 0 Å². The SMILES string of the molecule is CC(C)NCCNP(=O)(O)C(C)C.CCOP(=O)(NCCNC(C)C)C(C)C. The minimum Gasteiger partial charge on any atom is -0.333 e. The van der Waals surface area contributed by atoms with Gasteiger partial charge in [-0.2, -0.15) is 0 Å². The van der Waals surface area contributed by atoms with Gasteiger partial charge in [0, 0.05) is 49.6 Å². The molecule has 2 unspecified atom stereocenters. The number of hydrogen-bond donors (Lipinski definition) is 5. The minimum absolute atomic E-state index is 0.0245. The van der Waals surface area contributed by atoms with Crippen LogP contribution in [0.2, 0.25) is 0 Å². The molecule has 0 aliphatic rings. The summed E-state index contributed by atoms with van der Waals surface area (Å²) in [7, 11) is -5.76. The highest BCUT2D eigenvalue weighted by molar-refractivity contribution is 7.57. The van der Waals surface area contributed by atoms with E-state index in [0.29, 0.717) is 31.8 Å². The average Bonchev–Trinajstić information content (AvgIpc) is 2.56. The second kappa shape index (κ2) is 16.0. The molecule has 0 aromatic heterocycles. The van der Waals surface area contributed by atoms with Gasteiger partial charge in [-0.3, -0.25) is 9.13 Å². The fourth-order valence-corrected chi connectivity index (χ4v) is 4.26. The summed E-state index contributed by atoms with van der Waals surface area (Å²) in [5, 5.41) is 12.1. The molecule has 28 heavy (non-hydrogen) atoms. The van der Waals surface area contributed by atoms with Crippen molar-refractivity contribution in [3.05, 3.63) is 0 Å². The van der Waals surface area contributed by atoms with E-state index in [1.807, 2.05) is 34.6 Å². The zero-order valence-electron chi connectivity index (χ0n) is 19.4. The summed E-state index contributed by atoms with van der Waals surface area (Å²) in [4.78, 5) is 9.37. The summed E-state index contributed by atoms with van der Waals surface area (Å²) < 4.78 is 28.9. The molecule has 0 radical (unpaired) electrons. The van der Waals surface area contributed by atoms with Gasteiger partial charge in [-0.05, 0) is 6.92 Å². The molecule has 0 rings (SSSR count). The minimum atomic E-state index is -3.11. The quantitative estimate of drug-likeness (QED) is 0.205. The van der Waals surface area contributed by atoms with Crippen molar-refractivity contribution in [2.24, 2.45) is 0 Å². The molecular weight excluding hydrogens is 398 g/mol. The Balaban J connectivity index is 0. The standard InChI is InChI=1S/C10H25N2O2P.C8H21N2O2P/c1-6-14-15(13,10(4)5)12-8-7-11-9(2)3;1-7(2)9-5-6-10-13(11,12)8(3)4/h9-11H,6-8H2,1-5H3,(H,12,13);7-9H,5-6H2,1-4H3,(H2,10,11,12). The van der Waals surface area contributed by atoms with E-state index in [9.17, 15) is 14.0 Å². The van der Waals surface area contributed by atoms with Crippen molar-refractivity contribution in [1.82, 2.24) is 20.8 Å². The van der Waals surface area contributed by atoms with Gasteiger partial charge in [-0.15, -0.1) is 0 Å². The molecule has 0 aliphatic carbocycles. The van der Waals surface area contributed by atoms with Gasteiger partial charge in [0.05, 0.1) is 6.61 Å². The zero-order chi connectivity index (χ0) is 22.4. The van der Waals surface area contributed by atoms with Crippen molar-refractivity contribution in [3.8, 4) is 0 Å². The van der Waals surface area contributed by atoms with E-state index < -0.39 is 15.0 Å². The van der Waals surface area contributed by atoms with E-state index in [1.54, 1.807) is 13.8 Å². The first-order valence-electron chi connectivity index (χ1n) is 10.3. The van der Waals surface area contributed by atoms with Gasteiger partial charge in [0.1, 0.15) is 0 Å². The third kappa shape index (κ3) is 16.1. The Kier molecular flexibility index (Phi) is 17.4. The molecular formula is C18H46N4O4P2. The molecule has 0 saturated carbocycles. The van der Waals surface area contributed by atoms with E-state index in [-0.39, 0.29) is 11.3 Å². The van der Waals surface area contributed by atoms with Gasteiger partial charge in [0.15, 0.2) is 0 Å². The molecule has 0 spiro atoms. The van der Waals surface area contributed by atoms with Crippen LogP contribution in [0.25, 0.3) is 0 Å². The van der Waals surface area contributed by atoms with Gasteiger partial charge in [0.25, 0.3) is 15.0 Å². The van der Waals surface area contributed by atoms with Crippen LogP contribution in [0.3, 0.4) is 0 Å². The van der Waals surface area contributed by atoms with Gasteiger partial charge < -0.3 is 20.1 Å².